The van der Waals surface area contributed by atoms with Gasteiger partial charge in [-0.05, 0) is 22.8 Å². The van der Waals surface area contributed by atoms with E-state index in [0.29, 0.717) is 6.42 Å². The predicted octanol–water partition coefficient (Wildman–Crippen LogP) is 3.57. The van der Waals surface area contributed by atoms with Crippen molar-refractivity contribution in [2.45, 2.75) is 12.8 Å². The van der Waals surface area contributed by atoms with E-state index in [1.54, 1.807) is 0 Å². The number of rotatable bonds is 0. The molecule has 0 fully saturated rings. The van der Waals surface area contributed by atoms with E-state index in [-0.39, 0.29) is 11.5 Å². The Morgan fingerprint density at radius 1 is 0.875 bits per heavy atom. The maximum atomic E-state index is 9.82. The molecular weight excluding hydrogens is 200 g/mol. The lowest BCUT2D eigenvalue weighted by atomic mass is 9.90. The van der Waals surface area contributed by atoms with Crippen molar-refractivity contribution in [1.82, 2.24) is 0 Å². The summed E-state index contributed by atoms with van der Waals surface area (Å²) in [5, 5.41) is 21.7. The van der Waals surface area contributed by atoms with Crippen LogP contribution in [0.1, 0.15) is 17.5 Å². The smallest absolute Gasteiger partial charge is 0.160 e. The number of fused-ring (bicyclic) bond motifs is 3. The van der Waals surface area contributed by atoms with Crippen molar-refractivity contribution in [3.05, 3.63) is 53.3 Å². The monoisotopic (exact) mass is 212 g/mol. The Morgan fingerprint density at radius 2 is 1.69 bits per heavy atom. The second-order valence-corrected chi connectivity index (χ2v) is 4.11. The van der Waals surface area contributed by atoms with Gasteiger partial charge in [-0.2, -0.15) is 0 Å². The van der Waals surface area contributed by atoms with Gasteiger partial charge in [0.2, 0.25) is 0 Å². The second-order valence-electron chi connectivity index (χ2n) is 4.11. The highest BCUT2D eigenvalue weighted by Crippen LogP contribution is 2.33. The van der Waals surface area contributed by atoms with E-state index in [1.165, 1.54) is 10.8 Å². The number of hydrogen-bond donors (Lipinski definition) is 2. The summed E-state index contributed by atoms with van der Waals surface area (Å²) in [5.41, 5.74) is 1.90. The highest BCUT2D eigenvalue weighted by atomic mass is 16.3. The van der Waals surface area contributed by atoms with Crippen LogP contribution in [0.3, 0.4) is 0 Å². The van der Waals surface area contributed by atoms with Crippen molar-refractivity contribution < 1.29 is 10.2 Å². The minimum atomic E-state index is 0.0343. The Bertz CT molecular complexity index is 597. The molecule has 3 rings (SSSR count). The van der Waals surface area contributed by atoms with Crippen LogP contribution in [0.4, 0.5) is 0 Å². The molecule has 0 atom stereocenters. The minimum absolute atomic E-state index is 0.0343. The fourth-order valence-electron chi connectivity index (χ4n) is 2.34. The van der Waals surface area contributed by atoms with E-state index in [0.717, 1.165) is 17.5 Å². The SMILES string of the molecule is OC1=C(O)c2ccc3ccccc3c2CC1. The van der Waals surface area contributed by atoms with Crippen molar-refractivity contribution in [1.29, 1.82) is 0 Å². The van der Waals surface area contributed by atoms with Crippen LogP contribution in [-0.4, -0.2) is 10.2 Å². The maximum absolute atomic E-state index is 9.82. The van der Waals surface area contributed by atoms with Crippen LogP contribution >= 0.6 is 0 Å². The van der Waals surface area contributed by atoms with Crippen molar-refractivity contribution in [3.63, 3.8) is 0 Å². The lowest BCUT2D eigenvalue weighted by Gasteiger charge is -2.18. The highest BCUT2D eigenvalue weighted by Gasteiger charge is 2.19. The first-order valence-electron chi connectivity index (χ1n) is 5.39. The molecule has 2 heteroatoms. The Kier molecular flexibility index (Phi) is 1.90. The van der Waals surface area contributed by atoms with Crippen molar-refractivity contribution in [3.8, 4) is 0 Å². The molecule has 0 spiro atoms. The molecule has 0 aliphatic heterocycles. The van der Waals surface area contributed by atoms with Crippen LogP contribution < -0.4 is 0 Å². The zero-order valence-electron chi connectivity index (χ0n) is 8.77. The molecule has 16 heavy (non-hydrogen) atoms. The predicted molar refractivity (Wildman–Crippen MR) is 64.4 cm³/mol. The maximum Gasteiger partial charge on any atom is 0.160 e. The van der Waals surface area contributed by atoms with Gasteiger partial charge in [0.15, 0.2) is 5.76 Å². The van der Waals surface area contributed by atoms with Crippen molar-refractivity contribution in [2.24, 2.45) is 0 Å². The summed E-state index contributed by atoms with van der Waals surface area (Å²) in [6, 6.07) is 12.0. The van der Waals surface area contributed by atoms with Crippen molar-refractivity contribution >= 4 is 16.5 Å². The van der Waals surface area contributed by atoms with Gasteiger partial charge in [0.1, 0.15) is 5.76 Å². The topological polar surface area (TPSA) is 40.5 Å². The van der Waals surface area contributed by atoms with Crippen LogP contribution in [0.5, 0.6) is 0 Å². The third-order valence-corrected chi connectivity index (χ3v) is 3.18. The largest absolute Gasteiger partial charge is 0.508 e. The Labute approximate surface area is 93.5 Å². The first kappa shape index (κ1) is 9.28. The molecule has 2 aromatic carbocycles. The van der Waals surface area contributed by atoms with Crippen molar-refractivity contribution in [2.75, 3.05) is 0 Å². The molecule has 2 N–H and O–H groups in total. The summed E-state index contributed by atoms with van der Waals surface area (Å²) in [7, 11) is 0. The van der Waals surface area contributed by atoms with Gasteiger partial charge in [-0.15, -0.1) is 0 Å². The van der Waals surface area contributed by atoms with Gasteiger partial charge in [-0.25, -0.2) is 0 Å². The summed E-state index contributed by atoms with van der Waals surface area (Å²) in [5.74, 6) is 0.134. The Balaban J connectivity index is 2.37. The fraction of sp³-hybridized carbons (Fsp3) is 0.143. The number of aliphatic hydroxyl groups is 2. The summed E-state index contributed by atoms with van der Waals surface area (Å²) < 4.78 is 0. The Morgan fingerprint density at radius 3 is 2.56 bits per heavy atom. The van der Waals surface area contributed by atoms with E-state index in [4.69, 9.17) is 0 Å². The van der Waals surface area contributed by atoms with Gasteiger partial charge in [0.05, 0.1) is 0 Å². The second kappa shape index (κ2) is 3.27. The minimum Gasteiger partial charge on any atom is -0.508 e. The fourth-order valence-corrected chi connectivity index (χ4v) is 2.34. The molecule has 2 nitrogen and oxygen atoms in total. The molecule has 1 aliphatic rings. The van der Waals surface area contributed by atoms with Crippen LogP contribution in [-0.2, 0) is 6.42 Å². The summed E-state index contributed by atoms with van der Waals surface area (Å²) >= 11 is 0. The molecule has 0 bridgehead atoms. The van der Waals surface area contributed by atoms with Crippen LogP contribution in [0, 0.1) is 0 Å². The summed E-state index contributed by atoms with van der Waals surface area (Å²) in [4.78, 5) is 0. The number of benzene rings is 2. The molecule has 0 saturated carbocycles. The Hall–Kier alpha value is -1.96. The molecule has 0 heterocycles. The van der Waals surface area contributed by atoms with Gasteiger partial charge in [0.25, 0.3) is 0 Å². The number of hydrogen-bond acceptors (Lipinski definition) is 2. The standard InChI is InChI=1S/C14H12O2/c15-13-8-7-11-10-4-2-1-3-9(10)5-6-12(11)14(13)16/h1-6,15-16H,7-8H2. The quantitative estimate of drug-likeness (QED) is 0.700. The van der Waals surface area contributed by atoms with Crippen LogP contribution in [0.25, 0.3) is 16.5 Å². The summed E-state index contributed by atoms with van der Waals surface area (Å²) in [6.07, 6.45) is 1.30. The number of aryl methyl sites for hydroxylation is 1. The number of aliphatic hydroxyl groups excluding tert-OH is 2. The zero-order chi connectivity index (χ0) is 11.1. The van der Waals surface area contributed by atoms with E-state index in [2.05, 4.69) is 12.1 Å². The van der Waals surface area contributed by atoms with Gasteiger partial charge in [0, 0.05) is 12.0 Å². The molecule has 0 aromatic heterocycles. The van der Waals surface area contributed by atoms with E-state index in [1.807, 2.05) is 24.3 Å². The lowest BCUT2D eigenvalue weighted by Crippen LogP contribution is -2.05. The molecule has 2 aromatic rings. The van der Waals surface area contributed by atoms with Crippen LogP contribution in [0.2, 0.25) is 0 Å². The first-order chi connectivity index (χ1) is 7.77. The molecule has 0 radical (unpaired) electrons. The van der Waals surface area contributed by atoms with E-state index in [9.17, 15) is 10.2 Å². The third-order valence-electron chi connectivity index (χ3n) is 3.18. The summed E-state index contributed by atoms with van der Waals surface area (Å²) in [6.45, 7) is 0. The molecule has 0 unspecified atom stereocenters. The van der Waals surface area contributed by atoms with E-state index >= 15 is 0 Å². The van der Waals surface area contributed by atoms with Gasteiger partial charge < -0.3 is 10.2 Å². The molecular formula is C14H12O2. The lowest BCUT2D eigenvalue weighted by molar-refractivity contribution is 0.356. The van der Waals surface area contributed by atoms with E-state index < -0.39 is 0 Å². The van der Waals surface area contributed by atoms with Gasteiger partial charge in [-0.1, -0.05) is 36.4 Å². The van der Waals surface area contributed by atoms with Gasteiger partial charge in [-0.3, -0.25) is 0 Å². The van der Waals surface area contributed by atoms with Crippen LogP contribution in [0.15, 0.2) is 42.2 Å². The molecule has 1 aliphatic carbocycles. The molecule has 0 amide bonds. The first-order valence-corrected chi connectivity index (χ1v) is 5.39. The third kappa shape index (κ3) is 1.20. The van der Waals surface area contributed by atoms with Gasteiger partial charge >= 0.3 is 0 Å². The average molecular weight is 212 g/mol. The molecule has 80 valence electrons. The number of allylic oxidation sites excluding steroid dienone is 1. The normalized spacial score (nSPS) is 15.2. The molecule has 0 saturated heterocycles. The average Bonchev–Trinajstić information content (AvgIpc) is 2.33. The zero-order valence-corrected chi connectivity index (χ0v) is 8.77. The highest BCUT2D eigenvalue weighted by molar-refractivity contribution is 5.90.